The smallest absolute Gasteiger partial charge is 0.396 e. The van der Waals surface area contributed by atoms with Gasteiger partial charge in [0.2, 0.25) is 5.28 Å². The predicted molar refractivity (Wildman–Crippen MR) is 111 cm³/mol. The van der Waals surface area contributed by atoms with Gasteiger partial charge in [-0.3, -0.25) is 4.52 Å². The van der Waals surface area contributed by atoms with Crippen LogP contribution in [-0.2, 0) is 13.8 Å². The third kappa shape index (κ3) is 4.91. The van der Waals surface area contributed by atoms with Gasteiger partial charge in [-0.05, 0) is 24.4 Å². The maximum atomic E-state index is 11.0. The van der Waals surface area contributed by atoms with Gasteiger partial charge in [-0.15, -0.1) is 0 Å². The van der Waals surface area contributed by atoms with Crippen LogP contribution in [0.1, 0.15) is 31.9 Å². The molecule has 13 nitrogen and oxygen atoms in total. The molecule has 178 valence electrons. The molecule has 0 spiro atoms. The Morgan fingerprint density at radius 1 is 1.28 bits per heavy atom. The van der Waals surface area contributed by atoms with Gasteiger partial charge in [0, 0.05) is 12.0 Å². The van der Waals surface area contributed by atoms with Crippen LogP contribution in [0.15, 0.2) is 6.20 Å². The zero-order chi connectivity index (χ0) is 23.0. The summed E-state index contributed by atoms with van der Waals surface area (Å²) < 4.78 is 22.4. The number of aromatic nitrogens is 4. The first kappa shape index (κ1) is 23.7. The molecule has 0 amide bonds. The fourth-order valence-electron chi connectivity index (χ4n) is 4.18. The molecule has 3 heterocycles. The fraction of sp³-hybridized carbons (Fsp3) is 0.706. The van der Waals surface area contributed by atoms with Crippen molar-refractivity contribution in [1.82, 2.24) is 19.7 Å². The number of anilines is 1. The van der Waals surface area contributed by atoms with Crippen LogP contribution in [-0.4, -0.2) is 82.4 Å². The molecule has 6 N–H and O–H groups in total. The Bertz CT molecular complexity index is 999. The van der Waals surface area contributed by atoms with E-state index in [1.807, 2.05) is 0 Å². The number of hydrogen-bond acceptors (Lipinski definition) is 10. The third-order valence-electron chi connectivity index (χ3n) is 5.79. The van der Waals surface area contributed by atoms with E-state index in [1.165, 1.54) is 10.9 Å². The normalized spacial score (nSPS) is 27.9. The fourth-order valence-corrected chi connectivity index (χ4v) is 4.73. The quantitative estimate of drug-likeness (QED) is 0.216. The van der Waals surface area contributed by atoms with Gasteiger partial charge in [0.15, 0.2) is 11.9 Å². The molecule has 0 radical (unpaired) electrons. The molecular weight excluding hydrogens is 469 g/mol. The lowest BCUT2D eigenvalue weighted by atomic mass is 9.98. The Labute approximate surface area is 187 Å². The molecule has 32 heavy (non-hydrogen) atoms. The number of fused-ring (bicyclic) bond motifs is 1. The van der Waals surface area contributed by atoms with Crippen molar-refractivity contribution in [3.05, 3.63) is 11.5 Å². The molecule has 2 fully saturated rings. The first-order valence-electron chi connectivity index (χ1n) is 10.2. The van der Waals surface area contributed by atoms with E-state index >= 15 is 0 Å². The van der Waals surface area contributed by atoms with Gasteiger partial charge in [0.1, 0.15) is 18.0 Å². The van der Waals surface area contributed by atoms with Crippen LogP contribution in [0.5, 0.6) is 0 Å². The molecule has 1 aliphatic carbocycles. The van der Waals surface area contributed by atoms with Crippen LogP contribution in [0.25, 0.3) is 11.0 Å². The van der Waals surface area contributed by atoms with Crippen LogP contribution in [0, 0.1) is 5.92 Å². The Kier molecular flexibility index (Phi) is 7.01. The highest BCUT2D eigenvalue weighted by molar-refractivity contribution is 7.46. The lowest BCUT2D eigenvalue weighted by Gasteiger charge is -2.23. The van der Waals surface area contributed by atoms with Gasteiger partial charge in [-0.25, -0.2) is 9.25 Å². The van der Waals surface area contributed by atoms with Crippen LogP contribution >= 0.6 is 19.4 Å². The number of phosphoric ester groups is 1. The molecule has 4 rings (SSSR count). The molecule has 1 unspecified atom stereocenters. The summed E-state index contributed by atoms with van der Waals surface area (Å²) in [5, 5.41) is 38.8. The molecule has 2 aromatic rings. The standard InChI is InChI=1S/C17H25ClN5O8P/c18-17-21-14(20-9-3-1-2-4-9)10-5-19-23(15(10)22-17)16-12(26)11(25)13(31-16)8(6-24)7-30-32(27,28)29/h5,8-9,11-13,16,24-26H,1-4,6-7H2,(H,20,21,22)(H2,27,28,29)/t8?,11-,12+,13+,16+/m0/s1. The second-order valence-corrected chi connectivity index (χ2v) is 9.57. The second-order valence-electron chi connectivity index (χ2n) is 7.99. The minimum Gasteiger partial charge on any atom is -0.396 e. The first-order valence-corrected chi connectivity index (χ1v) is 12.1. The highest BCUT2D eigenvalue weighted by atomic mass is 35.5. The van der Waals surface area contributed by atoms with Crippen molar-refractivity contribution >= 4 is 36.3 Å². The summed E-state index contributed by atoms with van der Waals surface area (Å²) in [4.78, 5) is 26.3. The van der Waals surface area contributed by atoms with Crippen molar-refractivity contribution in [3.8, 4) is 0 Å². The number of rotatable bonds is 8. The zero-order valence-corrected chi connectivity index (χ0v) is 18.5. The molecule has 5 atom stereocenters. The highest BCUT2D eigenvalue weighted by Crippen LogP contribution is 2.39. The number of aliphatic hydroxyl groups is 3. The Balaban J connectivity index is 1.59. The Morgan fingerprint density at radius 3 is 2.66 bits per heavy atom. The van der Waals surface area contributed by atoms with E-state index in [9.17, 15) is 19.9 Å². The maximum absolute atomic E-state index is 11.0. The van der Waals surface area contributed by atoms with Gasteiger partial charge in [0.25, 0.3) is 0 Å². The SMILES string of the molecule is O=P(O)(O)OCC(CO)[C@H]1O[C@@H](n2ncc3c(NC4CCCC4)nc(Cl)nc32)[C@H](O)[C@@H]1O. The molecular formula is C17H25ClN5O8P. The summed E-state index contributed by atoms with van der Waals surface area (Å²) in [6.07, 6.45) is 0.442. The minimum absolute atomic E-state index is 0.0346. The Hall–Kier alpha value is -1.41. The number of hydrogen-bond donors (Lipinski definition) is 6. The van der Waals surface area contributed by atoms with Crippen molar-refractivity contribution in [3.63, 3.8) is 0 Å². The van der Waals surface area contributed by atoms with E-state index in [1.54, 1.807) is 0 Å². The summed E-state index contributed by atoms with van der Waals surface area (Å²) in [5.41, 5.74) is 0.273. The number of ether oxygens (including phenoxy) is 1. The average Bonchev–Trinajstić information content (AvgIpc) is 3.44. The van der Waals surface area contributed by atoms with Gasteiger partial charge in [-0.2, -0.15) is 15.1 Å². The molecule has 1 aliphatic heterocycles. The van der Waals surface area contributed by atoms with E-state index < -0.39 is 51.5 Å². The molecule has 1 saturated carbocycles. The third-order valence-corrected chi connectivity index (χ3v) is 6.45. The van der Waals surface area contributed by atoms with E-state index in [0.29, 0.717) is 11.2 Å². The van der Waals surface area contributed by atoms with E-state index in [4.69, 9.17) is 26.1 Å². The van der Waals surface area contributed by atoms with Crippen molar-refractivity contribution in [2.45, 2.75) is 56.3 Å². The number of nitrogens with zero attached hydrogens (tertiary/aromatic N) is 4. The van der Waals surface area contributed by atoms with Crippen LogP contribution < -0.4 is 5.32 Å². The van der Waals surface area contributed by atoms with Crippen molar-refractivity contribution in [1.29, 1.82) is 0 Å². The second kappa shape index (κ2) is 9.45. The Morgan fingerprint density at radius 2 is 2.00 bits per heavy atom. The largest absolute Gasteiger partial charge is 0.469 e. The van der Waals surface area contributed by atoms with Gasteiger partial charge < -0.3 is 35.2 Å². The van der Waals surface area contributed by atoms with E-state index in [0.717, 1.165) is 25.7 Å². The molecule has 2 aliphatic rings. The van der Waals surface area contributed by atoms with Crippen molar-refractivity contribution in [2.24, 2.45) is 5.92 Å². The summed E-state index contributed by atoms with van der Waals surface area (Å²) >= 11 is 6.12. The lowest BCUT2D eigenvalue weighted by Crippen LogP contribution is -2.39. The molecule has 15 heteroatoms. The summed E-state index contributed by atoms with van der Waals surface area (Å²) in [6, 6.07) is 0.256. The van der Waals surface area contributed by atoms with Gasteiger partial charge in [-0.1, -0.05) is 12.8 Å². The lowest BCUT2D eigenvalue weighted by molar-refractivity contribution is -0.0777. The number of nitrogens with one attached hydrogen (secondary N) is 1. The highest BCUT2D eigenvalue weighted by Gasteiger charge is 2.48. The zero-order valence-electron chi connectivity index (χ0n) is 16.9. The number of phosphoric acid groups is 1. The number of aliphatic hydroxyl groups excluding tert-OH is 3. The van der Waals surface area contributed by atoms with Crippen LogP contribution in [0.3, 0.4) is 0 Å². The molecule has 0 bridgehead atoms. The summed E-state index contributed by atoms with van der Waals surface area (Å²) in [7, 11) is -4.79. The maximum Gasteiger partial charge on any atom is 0.469 e. The number of halogens is 1. The van der Waals surface area contributed by atoms with Gasteiger partial charge >= 0.3 is 7.82 Å². The van der Waals surface area contributed by atoms with Crippen molar-refractivity contribution in [2.75, 3.05) is 18.5 Å². The average molecular weight is 494 g/mol. The molecule has 1 saturated heterocycles. The summed E-state index contributed by atoms with van der Waals surface area (Å²) in [6.45, 7) is -1.20. The van der Waals surface area contributed by atoms with Crippen LogP contribution in [0.2, 0.25) is 5.28 Å². The van der Waals surface area contributed by atoms with E-state index in [2.05, 4.69) is 24.9 Å². The summed E-state index contributed by atoms with van der Waals surface area (Å²) in [5.74, 6) is -0.511. The monoisotopic (exact) mass is 493 g/mol. The van der Waals surface area contributed by atoms with Crippen molar-refractivity contribution < 1.29 is 38.9 Å². The van der Waals surface area contributed by atoms with Gasteiger partial charge in [0.05, 0.1) is 30.9 Å². The van der Waals surface area contributed by atoms with E-state index in [-0.39, 0.29) is 17.0 Å². The molecule has 2 aromatic heterocycles. The topological polar surface area (TPSA) is 192 Å². The minimum atomic E-state index is -4.79. The predicted octanol–water partition coefficient (Wildman–Crippen LogP) is 0.171. The molecule has 0 aromatic carbocycles. The first-order chi connectivity index (χ1) is 15.2. The van der Waals surface area contributed by atoms with Crippen LogP contribution in [0.4, 0.5) is 5.82 Å².